The Kier molecular flexibility index (Phi) is 18.1. The molecule has 176 valence electrons. The highest BCUT2D eigenvalue weighted by Gasteiger charge is 1.94. The third kappa shape index (κ3) is 21.4. The first-order valence-electron chi connectivity index (χ1n) is 12.2. The molecule has 0 aromatic heterocycles. The maximum Gasteiger partial charge on any atom is 0.0654 e. The largest absolute Gasteiger partial charge is 0.373 e. The molecule has 0 saturated carbocycles. The summed E-state index contributed by atoms with van der Waals surface area (Å²) in [6.45, 7) is 19.0. The van der Waals surface area contributed by atoms with Crippen LogP contribution in [0.4, 0.5) is 0 Å². The predicted molar refractivity (Wildman–Crippen MR) is 142 cm³/mol. The standard InChI is InChI=1S/C30H50O/c1-25(2)13-9-15-27(5)17-11-19-29(7)21-23-31-24-22-30(8)20-12-18-28(6)16-10-14-26(3)4/h13-14,17-18,21-22H,9-12,15-16,19-20,23-24H2,1-8H3. The molecule has 0 radical (unpaired) electrons. The van der Waals surface area contributed by atoms with Gasteiger partial charge >= 0.3 is 0 Å². The summed E-state index contributed by atoms with van der Waals surface area (Å²) in [6, 6.07) is 0. The maximum atomic E-state index is 5.78. The van der Waals surface area contributed by atoms with E-state index in [1.165, 1.54) is 46.3 Å². The monoisotopic (exact) mass is 426 g/mol. The quantitative estimate of drug-likeness (QED) is 0.176. The van der Waals surface area contributed by atoms with E-state index in [0.717, 1.165) is 38.5 Å². The average Bonchev–Trinajstić information content (AvgIpc) is 2.67. The Morgan fingerprint density at radius 3 is 1.03 bits per heavy atom. The number of rotatable bonds is 16. The van der Waals surface area contributed by atoms with Gasteiger partial charge in [0.05, 0.1) is 13.2 Å². The van der Waals surface area contributed by atoms with Crippen LogP contribution in [0.5, 0.6) is 0 Å². The van der Waals surface area contributed by atoms with Crippen LogP contribution in [0.2, 0.25) is 0 Å². The lowest BCUT2D eigenvalue weighted by molar-refractivity contribution is 0.192. The summed E-state index contributed by atoms with van der Waals surface area (Å²) in [5, 5.41) is 0. The molecule has 0 unspecified atom stereocenters. The minimum atomic E-state index is 0.711. The van der Waals surface area contributed by atoms with Crippen molar-refractivity contribution in [1.82, 2.24) is 0 Å². The molecule has 0 aromatic rings. The van der Waals surface area contributed by atoms with Gasteiger partial charge in [0.2, 0.25) is 0 Å². The second-order valence-electron chi connectivity index (χ2n) is 9.46. The van der Waals surface area contributed by atoms with Gasteiger partial charge in [-0.3, -0.25) is 0 Å². The van der Waals surface area contributed by atoms with Gasteiger partial charge in [0, 0.05) is 0 Å². The zero-order valence-electron chi connectivity index (χ0n) is 21.9. The molecule has 1 nitrogen and oxygen atoms in total. The Labute approximate surface area is 194 Å². The van der Waals surface area contributed by atoms with Crippen molar-refractivity contribution in [3.05, 3.63) is 69.9 Å². The Balaban J connectivity index is 3.98. The molecule has 0 N–H and O–H groups in total. The third-order valence-electron chi connectivity index (χ3n) is 5.34. The van der Waals surface area contributed by atoms with E-state index in [2.05, 4.69) is 91.8 Å². The molecule has 0 aliphatic rings. The van der Waals surface area contributed by atoms with Crippen molar-refractivity contribution in [2.45, 2.75) is 107 Å². The zero-order valence-corrected chi connectivity index (χ0v) is 21.9. The minimum absolute atomic E-state index is 0.711. The SMILES string of the molecule is CC(C)=CCCC(C)=CCCC(C)=CCOCC=C(C)CCC=C(C)CCC=C(C)C. The smallest absolute Gasteiger partial charge is 0.0654 e. The molecule has 0 aliphatic heterocycles. The molecule has 0 heterocycles. The van der Waals surface area contributed by atoms with Crippen LogP contribution < -0.4 is 0 Å². The van der Waals surface area contributed by atoms with Crippen molar-refractivity contribution in [2.75, 3.05) is 13.2 Å². The fourth-order valence-electron chi connectivity index (χ4n) is 3.15. The van der Waals surface area contributed by atoms with Gasteiger partial charge in [-0.1, -0.05) is 69.9 Å². The molecule has 0 fully saturated rings. The van der Waals surface area contributed by atoms with Gasteiger partial charge in [-0.15, -0.1) is 0 Å². The summed E-state index contributed by atoms with van der Waals surface area (Å²) >= 11 is 0. The van der Waals surface area contributed by atoms with Gasteiger partial charge in [0.15, 0.2) is 0 Å². The summed E-state index contributed by atoms with van der Waals surface area (Å²) in [7, 11) is 0. The van der Waals surface area contributed by atoms with Crippen molar-refractivity contribution in [3.8, 4) is 0 Å². The van der Waals surface area contributed by atoms with E-state index in [1.54, 1.807) is 0 Å². The van der Waals surface area contributed by atoms with Crippen LogP contribution >= 0.6 is 0 Å². The summed E-state index contributed by atoms with van der Waals surface area (Å²) in [5.74, 6) is 0. The van der Waals surface area contributed by atoms with E-state index in [0.29, 0.717) is 13.2 Å². The van der Waals surface area contributed by atoms with Gasteiger partial charge in [-0.05, 0) is 107 Å². The van der Waals surface area contributed by atoms with E-state index in [9.17, 15) is 0 Å². The molecule has 0 spiro atoms. The van der Waals surface area contributed by atoms with Crippen LogP contribution in [0.15, 0.2) is 69.9 Å². The van der Waals surface area contributed by atoms with Gasteiger partial charge < -0.3 is 4.74 Å². The lowest BCUT2D eigenvalue weighted by Gasteiger charge is -2.03. The molecule has 31 heavy (non-hydrogen) atoms. The van der Waals surface area contributed by atoms with Crippen LogP contribution in [-0.4, -0.2) is 13.2 Å². The van der Waals surface area contributed by atoms with Crippen molar-refractivity contribution >= 4 is 0 Å². The average molecular weight is 427 g/mol. The number of allylic oxidation sites excluding steroid dienone is 10. The Hall–Kier alpha value is -1.60. The Morgan fingerprint density at radius 2 is 0.710 bits per heavy atom. The van der Waals surface area contributed by atoms with Crippen LogP contribution in [0.25, 0.3) is 0 Å². The molecule has 0 amide bonds. The zero-order chi connectivity index (χ0) is 23.5. The Morgan fingerprint density at radius 1 is 0.419 bits per heavy atom. The molecular formula is C30H50O. The molecule has 0 rings (SSSR count). The molecule has 0 bridgehead atoms. The van der Waals surface area contributed by atoms with Gasteiger partial charge in [-0.2, -0.15) is 0 Å². The van der Waals surface area contributed by atoms with Crippen LogP contribution in [0, 0.1) is 0 Å². The van der Waals surface area contributed by atoms with Crippen molar-refractivity contribution in [3.63, 3.8) is 0 Å². The van der Waals surface area contributed by atoms with Gasteiger partial charge in [-0.25, -0.2) is 0 Å². The normalized spacial score (nSPS) is 13.4. The second kappa shape index (κ2) is 19.1. The highest BCUT2D eigenvalue weighted by atomic mass is 16.5. The van der Waals surface area contributed by atoms with Crippen molar-refractivity contribution in [2.24, 2.45) is 0 Å². The number of hydrogen-bond acceptors (Lipinski definition) is 1. The van der Waals surface area contributed by atoms with Crippen molar-refractivity contribution < 1.29 is 4.74 Å². The molecule has 0 aliphatic carbocycles. The third-order valence-corrected chi connectivity index (χ3v) is 5.34. The first kappa shape index (κ1) is 29.4. The van der Waals surface area contributed by atoms with Gasteiger partial charge in [0.25, 0.3) is 0 Å². The fourth-order valence-corrected chi connectivity index (χ4v) is 3.15. The molecule has 0 saturated heterocycles. The van der Waals surface area contributed by atoms with E-state index < -0.39 is 0 Å². The number of ether oxygens (including phenoxy) is 1. The molecule has 0 atom stereocenters. The Bertz CT molecular complexity index is 599. The van der Waals surface area contributed by atoms with Crippen LogP contribution in [0.1, 0.15) is 107 Å². The molecule has 0 aromatic carbocycles. The fraction of sp³-hybridized carbons (Fsp3) is 0.600. The lowest BCUT2D eigenvalue weighted by atomic mass is 10.1. The highest BCUT2D eigenvalue weighted by molar-refractivity contribution is 5.07. The van der Waals surface area contributed by atoms with Crippen LogP contribution in [-0.2, 0) is 4.74 Å². The summed E-state index contributed by atoms with van der Waals surface area (Å²) < 4.78 is 5.78. The van der Waals surface area contributed by atoms with E-state index in [4.69, 9.17) is 4.74 Å². The summed E-state index contributed by atoms with van der Waals surface area (Å²) in [4.78, 5) is 0. The highest BCUT2D eigenvalue weighted by Crippen LogP contribution is 2.12. The van der Waals surface area contributed by atoms with Gasteiger partial charge in [0.1, 0.15) is 0 Å². The lowest BCUT2D eigenvalue weighted by Crippen LogP contribution is -1.93. The summed E-state index contributed by atoms with van der Waals surface area (Å²) in [6.07, 6.45) is 23.0. The molecular weight excluding hydrogens is 376 g/mol. The first-order valence-corrected chi connectivity index (χ1v) is 12.2. The van der Waals surface area contributed by atoms with Crippen LogP contribution in [0.3, 0.4) is 0 Å². The first-order chi connectivity index (χ1) is 14.7. The van der Waals surface area contributed by atoms with Crippen molar-refractivity contribution in [1.29, 1.82) is 0 Å². The second-order valence-corrected chi connectivity index (χ2v) is 9.46. The predicted octanol–water partition coefficient (Wildman–Crippen LogP) is 9.84. The topological polar surface area (TPSA) is 9.23 Å². The van der Waals surface area contributed by atoms with E-state index in [1.807, 2.05) is 0 Å². The van der Waals surface area contributed by atoms with E-state index >= 15 is 0 Å². The minimum Gasteiger partial charge on any atom is -0.373 e. The number of hydrogen-bond donors (Lipinski definition) is 0. The maximum absolute atomic E-state index is 5.78. The summed E-state index contributed by atoms with van der Waals surface area (Å²) in [5.41, 5.74) is 8.66. The molecule has 1 heteroatoms. The van der Waals surface area contributed by atoms with E-state index in [-0.39, 0.29) is 0 Å².